The van der Waals surface area contributed by atoms with Crippen molar-refractivity contribution in [3.05, 3.63) is 29.6 Å². The zero-order chi connectivity index (χ0) is 12.3. The SMILES string of the molecule is Nc1ccc(C(=O)N2CCCOCC2)cc1F. The molecule has 2 rings (SSSR count). The molecule has 2 N–H and O–H groups in total. The van der Waals surface area contributed by atoms with Crippen LogP contribution in [0.4, 0.5) is 10.1 Å². The lowest BCUT2D eigenvalue weighted by molar-refractivity contribution is 0.0741. The molecule has 92 valence electrons. The summed E-state index contributed by atoms with van der Waals surface area (Å²) in [6.07, 6.45) is 0.809. The van der Waals surface area contributed by atoms with Gasteiger partial charge in [-0.3, -0.25) is 4.79 Å². The fourth-order valence-electron chi connectivity index (χ4n) is 1.79. The maximum Gasteiger partial charge on any atom is 0.254 e. The van der Waals surface area contributed by atoms with E-state index in [9.17, 15) is 9.18 Å². The summed E-state index contributed by atoms with van der Waals surface area (Å²) in [6.45, 7) is 2.39. The van der Waals surface area contributed by atoms with Crippen LogP contribution in [0, 0.1) is 5.82 Å². The minimum absolute atomic E-state index is 0.0562. The van der Waals surface area contributed by atoms with Gasteiger partial charge < -0.3 is 15.4 Å². The maximum atomic E-state index is 13.3. The summed E-state index contributed by atoms with van der Waals surface area (Å²) in [4.78, 5) is 13.8. The van der Waals surface area contributed by atoms with Gasteiger partial charge >= 0.3 is 0 Å². The van der Waals surface area contributed by atoms with Crippen molar-refractivity contribution in [1.29, 1.82) is 0 Å². The Morgan fingerprint density at radius 3 is 2.94 bits per heavy atom. The van der Waals surface area contributed by atoms with Gasteiger partial charge in [0.15, 0.2) is 0 Å². The first-order valence-corrected chi connectivity index (χ1v) is 5.60. The fraction of sp³-hybridized carbons (Fsp3) is 0.417. The summed E-state index contributed by atoms with van der Waals surface area (Å²) in [5.41, 5.74) is 5.76. The summed E-state index contributed by atoms with van der Waals surface area (Å²) in [7, 11) is 0. The Hall–Kier alpha value is -1.62. The zero-order valence-electron chi connectivity index (χ0n) is 9.49. The van der Waals surface area contributed by atoms with Crippen LogP contribution in [0.3, 0.4) is 0 Å². The van der Waals surface area contributed by atoms with Gasteiger partial charge in [-0.25, -0.2) is 4.39 Å². The van der Waals surface area contributed by atoms with E-state index in [1.54, 1.807) is 11.0 Å². The molecule has 0 radical (unpaired) electrons. The average molecular weight is 238 g/mol. The number of anilines is 1. The average Bonchev–Trinajstić information content (AvgIpc) is 2.60. The van der Waals surface area contributed by atoms with Gasteiger partial charge in [-0.1, -0.05) is 0 Å². The summed E-state index contributed by atoms with van der Waals surface area (Å²) in [6, 6.07) is 4.15. The molecule has 1 heterocycles. The minimum Gasteiger partial charge on any atom is -0.396 e. The Bertz CT molecular complexity index is 415. The number of nitrogens with zero attached hydrogens (tertiary/aromatic N) is 1. The standard InChI is InChI=1S/C12H15FN2O2/c13-10-8-9(2-3-11(10)14)12(16)15-4-1-6-17-7-5-15/h2-3,8H,1,4-7,14H2. The second kappa shape index (κ2) is 5.14. The number of hydrogen-bond acceptors (Lipinski definition) is 3. The van der Waals surface area contributed by atoms with Crippen molar-refractivity contribution in [2.75, 3.05) is 32.0 Å². The van der Waals surface area contributed by atoms with Gasteiger partial charge in [0.2, 0.25) is 0 Å². The van der Waals surface area contributed by atoms with E-state index < -0.39 is 5.82 Å². The van der Waals surface area contributed by atoms with E-state index in [1.165, 1.54) is 12.1 Å². The monoisotopic (exact) mass is 238 g/mol. The zero-order valence-corrected chi connectivity index (χ0v) is 9.49. The van der Waals surface area contributed by atoms with Crippen molar-refractivity contribution in [1.82, 2.24) is 4.90 Å². The number of hydrogen-bond donors (Lipinski definition) is 1. The smallest absolute Gasteiger partial charge is 0.254 e. The molecule has 5 heteroatoms. The number of benzene rings is 1. The Morgan fingerprint density at radius 1 is 1.35 bits per heavy atom. The number of halogens is 1. The van der Waals surface area contributed by atoms with Crippen LogP contribution in [0.25, 0.3) is 0 Å². The molecule has 0 atom stereocenters. The van der Waals surface area contributed by atoms with Crippen molar-refractivity contribution in [2.24, 2.45) is 0 Å². The van der Waals surface area contributed by atoms with E-state index >= 15 is 0 Å². The fourth-order valence-corrected chi connectivity index (χ4v) is 1.79. The molecule has 1 saturated heterocycles. The first-order valence-electron chi connectivity index (χ1n) is 5.60. The molecule has 0 saturated carbocycles. The molecule has 0 aliphatic carbocycles. The van der Waals surface area contributed by atoms with E-state index in [0.717, 1.165) is 6.42 Å². The van der Waals surface area contributed by atoms with Crippen LogP contribution in [0.15, 0.2) is 18.2 Å². The van der Waals surface area contributed by atoms with Gasteiger partial charge in [0, 0.05) is 25.3 Å². The third kappa shape index (κ3) is 2.74. The Morgan fingerprint density at radius 2 is 2.18 bits per heavy atom. The van der Waals surface area contributed by atoms with Crippen LogP contribution in [-0.4, -0.2) is 37.1 Å². The molecule has 1 amide bonds. The molecule has 1 aromatic carbocycles. The van der Waals surface area contributed by atoms with Crippen LogP contribution in [0.2, 0.25) is 0 Å². The van der Waals surface area contributed by atoms with Crippen molar-refractivity contribution in [2.45, 2.75) is 6.42 Å². The van der Waals surface area contributed by atoms with Crippen molar-refractivity contribution in [3.8, 4) is 0 Å². The first-order chi connectivity index (χ1) is 8.18. The molecule has 0 spiro atoms. The van der Waals surface area contributed by atoms with Crippen molar-refractivity contribution >= 4 is 11.6 Å². The van der Waals surface area contributed by atoms with Gasteiger partial charge in [-0.05, 0) is 24.6 Å². The Balaban J connectivity index is 2.14. The number of carbonyl (C=O) groups excluding carboxylic acids is 1. The number of amides is 1. The van der Waals surface area contributed by atoms with Crippen LogP contribution in [0.1, 0.15) is 16.8 Å². The highest BCUT2D eigenvalue weighted by Gasteiger charge is 2.18. The Labute approximate surface area is 99.2 Å². The van der Waals surface area contributed by atoms with Gasteiger partial charge in [0.25, 0.3) is 5.91 Å². The van der Waals surface area contributed by atoms with E-state index in [1.807, 2.05) is 0 Å². The highest BCUT2D eigenvalue weighted by molar-refractivity contribution is 5.94. The van der Waals surface area contributed by atoms with E-state index in [-0.39, 0.29) is 11.6 Å². The van der Waals surface area contributed by atoms with Crippen molar-refractivity contribution in [3.63, 3.8) is 0 Å². The van der Waals surface area contributed by atoms with Crippen LogP contribution in [-0.2, 0) is 4.74 Å². The second-order valence-corrected chi connectivity index (χ2v) is 3.99. The molecule has 0 aromatic heterocycles. The summed E-state index contributed by atoms with van der Waals surface area (Å²) in [5, 5.41) is 0. The third-order valence-corrected chi connectivity index (χ3v) is 2.76. The van der Waals surface area contributed by atoms with Crippen LogP contribution >= 0.6 is 0 Å². The number of rotatable bonds is 1. The van der Waals surface area contributed by atoms with E-state index in [0.29, 0.717) is 31.9 Å². The molecule has 0 bridgehead atoms. The lowest BCUT2D eigenvalue weighted by Gasteiger charge is -2.19. The topological polar surface area (TPSA) is 55.6 Å². The van der Waals surface area contributed by atoms with Gasteiger partial charge in [-0.15, -0.1) is 0 Å². The second-order valence-electron chi connectivity index (χ2n) is 3.99. The minimum atomic E-state index is -0.554. The molecule has 1 aromatic rings. The summed E-state index contributed by atoms with van der Waals surface area (Å²) in [5.74, 6) is -0.726. The molecule has 1 aliphatic rings. The Kier molecular flexibility index (Phi) is 3.58. The molecular formula is C12H15FN2O2. The van der Waals surface area contributed by atoms with Gasteiger partial charge in [-0.2, -0.15) is 0 Å². The van der Waals surface area contributed by atoms with Gasteiger partial charge in [0.05, 0.1) is 12.3 Å². The van der Waals surface area contributed by atoms with Crippen molar-refractivity contribution < 1.29 is 13.9 Å². The van der Waals surface area contributed by atoms with E-state index in [2.05, 4.69) is 0 Å². The molecule has 1 fully saturated rings. The quantitative estimate of drug-likeness (QED) is 0.750. The maximum absolute atomic E-state index is 13.3. The van der Waals surface area contributed by atoms with Crippen LogP contribution in [0.5, 0.6) is 0 Å². The molecule has 4 nitrogen and oxygen atoms in total. The lowest BCUT2D eigenvalue weighted by atomic mass is 10.1. The normalized spacial score (nSPS) is 16.6. The number of ether oxygens (including phenoxy) is 1. The predicted molar refractivity (Wildman–Crippen MR) is 62.2 cm³/mol. The largest absolute Gasteiger partial charge is 0.396 e. The highest BCUT2D eigenvalue weighted by Crippen LogP contribution is 2.14. The molecule has 0 unspecified atom stereocenters. The van der Waals surface area contributed by atoms with Gasteiger partial charge in [0.1, 0.15) is 5.82 Å². The molecular weight excluding hydrogens is 223 g/mol. The van der Waals surface area contributed by atoms with Crippen LogP contribution < -0.4 is 5.73 Å². The number of carbonyl (C=O) groups is 1. The number of nitrogen functional groups attached to an aromatic ring is 1. The predicted octanol–water partition coefficient (Wildman–Crippen LogP) is 1.27. The summed E-state index contributed by atoms with van der Waals surface area (Å²) < 4.78 is 18.5. The van der Waals surface area contributed by atoms with E-state index in [4.69, 9.17) is 10.5 Å². The lowest BCUT2D eigenvalue weighted by Crippen LogP contribution is -2.33. The highest BCUT2D eigenvalue weighted by atomic mass is 19.1. The third-order valence-electron chi connectivity index (χ3n) is 2.76. The summed E-state index contributed by atoms with van der Waals surface area (Å²) >= 11 is 0. The molecule has 17 heavy (non-hydrogen) atoms. The number of nitrogens with two attached hydrogens (primary N) is 1. The first kappa shape index (κ1) is 11.9. The molecule has 1 aliphatic heterocycles.